The molecule has 0 aromatic carbocycles. The van der Waals surface area contributed by atoms with Crippen LogP contribution in [0.25, 0.3) is 11.2 Å². The molecule has 60 heavy (non-hydrogen) atoms. The summed E-state index contributed by atoms with van der Waals surface area (Å²) in [6.45, 7) is 2.61. The highest BCUT2D eigenvalue weighted by Gasteiger charge is 2.50. The summed E-state index contributed by atoms with van der Waals surface area (Å²) in [5.74, 6) is -1.13. The highest BCUT2D eigenvalue weighted by Crippen LogP contribution is 2.61. The lowest BCUT2D eigenvalue weighted by atomic mass is 9.87. The van der Waals surface area contributed by atoms with E-state index in [1.54, 1.807) is 6.08 Å². The molecule has 10 N–H and O–H groups in total. The van der Waals surface area contributed by atoms with E-state index < -0.39 is 84.6 Å². The van der Waals surface area contributed by atoms with E-state index in [9.17, 15) is 57.9 Å². The molecule has 7 unspecified atom stereocenters. The highest BCUT2D eigenvalue weighted by molar-refractivity contribution is 8.14. The van der Waals surface area contributed by atoms with Crippen molar-refractivity contribution in [2.45, 2.75) is 89.9 Å². The summed E-state index contributed by atoms with van der Waals surface area (Å²) in [6, 6.07) is 0. The van der Waals surface area contributed by atoms with Crippen molar-refractivity contribution in [3.63, 3.8) is 0 Å². The Morgan fingerprint density at radius 3 is 2.40 bits per heavy atom. The third kappa shape index (κ3) is 17.1. The number of aliphatic hydroxyl groups is 2. The average molecular weight is 932 g/mol. The molecule has 28 heteroatoms. The number of hydrogen-bond acceptors (Lipinski definition) is 18. The van der Waals surface area contributed by atoms with Crippen LogP contribution in [0.15, 0.2) is 37.0 Å². The number of nitrogen functional groups attached to an aromatic ring is 1. The van der Waals surface area contributed by atoms with Gasteiger partial charge in [0.25, 0.3) is 0 Å². The van der Waals surface area contributed by atoms with Crippen LogP contribution in [-0.4, -0.2) is 123 Å². The van der Waals surface area contributed by atoms with Crippen LogP contribution in [-0.2, 0) is 50.7 Å². The molecule has 1 saturated heterocycles. The van der Waals surface area contributed by atoms with E-state index in [0.29, 0.717) is 5.75 Å². The van der Waals surface area contributed by atoms with Gasteiger partial charge in [-0.25, -0.2) is 28.6 Å². The molecule has 0 bridgehead atoms. The van der Waals surface area contributed by atoms with E-state index >= 15 is 0 Å². The van der Waals surface area contributed by atoms with Crippen molar-refractivity contribution < 1.29 is 80.5 Å². The van der Waals surface area contributed by atoms with Gasteiger partial charge in [0.1, 0.15) is 36.3 Å². The number of amides is 2. The summed E-state index contributed by atoms with van der Waals surface area (Å²) < 4.78 is 62.2. The number of nitrogens with two attached hydrogens (primary N) is 1. The lowest BCUT2D eigenvalue weighted by Crippen LogP contribution is -2.46. The normalized spacial score (nSPS) is 21.3. The first-order valence-corrected chi connectivity index (χ1v) is 23.9. The Morgan fingerprint density at radius 1 is 1.02 bits per heavy atom. The second-order valence-electron chi connectivity index (χ2n) is 13.8. The molecular weight excluding hydrogens is 879 g/mol. The first-order valence-electron chi connectivity index (χ1n) is 18.4. The van der Waals surface area contributed by atoms with Crippen LogP contribution in [0.5, 0.6) is 0 Å². The van der Waals surface area contributed by atoms with Crippen LogP contribution < -0.4 is 16.4 Å². The molecule has 3 rings (SSSR count). The maximum absolute atomic E-state index is 12.7. The third-order valence-electron chi connectivity index (χ3n) is 8.39. The average Bonchev–Trinajstić information content (AvgIpc) is 3.72. The van der Waals surface area contributed by atoms with Crippen molar-refractivity contribution in [3.05, 3.63) is 37.0 Å². The maximum Gasteiger partial charge on any atom is 0.481 e. The van der Waals surface area contributed by atoms with Gasteiger partial charge in [0.2, 0.25) is 16.9 Å². The molecule has 3 heterocycles. The number of ether oxygens (including phenoxy) is 1. The fourth-order valence-electron chi connectivity index (χ4n) is 5.26. The third-order valence-corrected chi connectivity index (χ3v) is 12.3. The molecule has 7 atom stereocenters. The summed E-state index contributed by atoms with van der Waals surface area (Å²) >= 11 is 1.04. The van der Waals surface area contributed by atoms with Crippen molar-refractivity contribution >= 4 is 69.1 Å². The number of rotatable bonds is 26. The van der Waals surface area contributed by atoms with Crippen molar-refractivity contribution in [1.82, 2.24) is 30.2 Å². The largest absolute Gasteiger partial charge is 0.481 e. The minimum Gasteiger partial charge on any atom is -0.386 e. The maximum atomic E-state index is 12.7. The van der Waals surface area contributed by atoms with Crippen LogP contribution in [0.3, 0.4) is 0 Å². The Morgan fingerprint density at radius 2 is 1.70 bits per heavy atom. The predicted octanol–water partition coefficient (Wildman–Crippen LogP) is 1.75. The topological polar surface area (TPSA) is 364 Å². The molecule has 1 aliphatic heterocycles. The number of thioether (sulfide) groups is 1. The molecule has 0 saturated carbocycles. The zero-order chi connectivity index (χ0) is 44.7. The number of unbranched alkanes of at least 4 members (excludes halogenated alkanes) is 3. The van der Waals surface area contributed by atoms with E-state index in [0.717, 1.165) is 61.1 Å². The number of carbonyl (C=O) groups is 3. The molecule has 0 aliphatic carbocycles. The molecule has 0 spiro atoms. The van der Waals surface area contributed by atoms with Crippen molar-refractivity contribution in [3.8, 4) is 0 Å². The number of carbonyl (C=O) groups excluding carboxylic acids is 3. The van der Waals surface area contributed by atoms with E-state index in [2.05, 4.69) is 53.5 Å². The van der Waals surface area contributed by atoms with Crippen LogP contribution in [0.2, 0.25) is 0 Å². The second-order valence-corrected chi connectivity index (χ2v) is 19.2. The van der Waals surface area contributed by atoms with Gasteiger partial charge in [0, 0.05) is 30.7 Å². The number of aromatic nitrogens is 4. The van der Waals surface area contributed by atoms with Gasteiger partial charge in [0.05, 0.1) is 19.5 Å². The van der Waals surface area contributed by atoms with Crippen molar-refractivity contribution in [2.75, 3.05) is 37.8 Å². The highest BCUT2D eigenvalue weighted by atomic mass is 32.2. The lowest BCUT2D eigenvalue weighted by molar-refractivity contribution is -0.137. The lowest BCUT2D eigenvalue weighted by Gasteiger charge is -2.30. The number of anilines is 1. The Bertz CT molecular complexity index is 1960. The molecule has 1 fully saturated rings. The van der Waals surface area contributed by atoms with Crippen molar-refractivity contribution in [2.24, 2.45) is 5.41 Å². The number of hydrogen-bond donors (Lipinski definition) is 9. The number of fused-ring (bicyclic) bond motifs is 1. The second kappa shape index (κ2) is 23.5. The molecule has 1 aliphatic rings. The summed E-state index contributed by atoms with van der Waals surface area (Å²) in [7, 11) is -16.4. The van der Waals surface area contributed by atoms with Gasteiger partial charge >= 0.3 is 23.5 Å². The van der Waals surface area contributed by atoms with Crippen LogP contribution in [0.4, 0.5) is 5.82 Å². The summed E-state index contributed by atoms with van der Waals surface area (Å²) in [4.78, 5) is 87.8. The molecular formula is C32H52N7O17P3S. The van der Waals surface area contributed by atoms with E-state index in [-0.39, 0.29) is 41.6 Å². The van der Waals surface area contributed by atoms with E-state index in [4.69, 9.17) is 19.5 Å². The first-order chi connectivity index (χ1) is 28.1. The molecule has 24 nitrogen and oxygen atoms in total. The monoisotopic (exact) mass is 931 g/mol. The number of allylic oxidation sites excluding steroid dienone is 3. The number of nitrogens with one attached hydrogen (secondary N) is 2. The Kier molecular flexibility index (Phi) is 20.1. The SMILES string of the molecule is CCCC/C=C/CC/C=C/C(=O)SCCNC(=O)CCNC(=O)C(O)C(C)(C)COP(=O)(O)OP(=O)(O)OCC1OC(n2cnc3c(N)ncnc32)C(O)C1OP(=O)(O)O. The zero-order valence-electron chi connectivity index (χ0n) is 32.9. The molecule has 2 aromatic heterocycles. The summed E-state index contributed by atoms with van der Waals surface area (Å²) in [5.41, 5.74) is 4.26. The molecule has 338 valence electrons. The fourth-order valence-corrected chi connectivity index (χ4v) is 8.69. The van der Waals surface area contributed by atoms with Gasteiger partial charge in [-0.15, -0.1) is 0 Å². The minimum atomic E-state index is -5.57. The Hall–Kier alpha value is -2.96. The fraction of sp³-hybridized carbons (Fsp3) is 0.625. The molecule has 2 aromatic rings. The minimum absolute atomic E-state index is 0.0304. The van der Waals surface area contributed by atoms with Crippen molar-refractivity contribution in [1.29, 1.82) is 0 Å². The predicted molar refractivity (Wildman–Crippen MR) is 214 cm³/mol. The van der Waals surface area contributed by atoms with Crippen LogP contribution in [0, 0.1) is 5.41 Å². The summed E-state index contributed by atoms with van der Waals surface area (Å²) in [6.07, 6.45) is 5.51. The number of imidazole rings is 1. The zero-order valence-corrected chi connectivity index (χ0v) is 36.4. The molecule has 2 amide bonds. The quantitative estimate of drug-likeness (QED) is 0.0281. The first kappa shape index (κ1) is 51.4. The standard InChI is InChI=1S/C32H52N7O17P3S/c1-4-5-6-7-8-9-10-11-12-23(41)60-16-15-34-22(40)13-14-35-30(44)27(43)32(2,3)18-53-59(50,51)56-58(48,49)52-17-21-26(55-57(45,46)47)25(42)31(54-21)39-20-38-24-28(33)36-19-37-29(24)39/h7-8,11-12,19-21,25-27,31,42-43H,4-6,9-10,13-18H2,1-3H3,(H,34,40)(H,35,44)(H,48,49)(H,50,51)(H2,33,36,37)(H2,45,46,47)/b8-7+,12-11+. The van der Waals surface area contributed by atoms with Gasteiger partial charge < -0.3 is 50.9 Å². The van der Waals surface area contributed by atoms with Gasteiger partial charge in [-0.05, 0) is 25.3 Å². The summed E-state index contributed by atoms with van der Waals surface area (Å²) in [5, 5.41) is 26.3. The number of aliphatic hydroxyl groups excluding tert-OH is 2. The smallest absolute Gasteiger partial charge is 0.386 e. The Balaban J connectivity index is 1.42. The van der Waals surface area contributed by atoms with Gasteiger partial charge in [-0.2, -0.15) is 4.31 Å². The van der Waals surface area contributed by atoms with Gasteiger partial charge in [0.15, 0.2) is 17.7 Å². The number of phosphoric acid groups is 3. The van der Waals surface area contributed by atoms with E-state index in [1.807, 2.05) is 0 Å². The number of phosphoric ester groups is 3. The van der Waals surface area contributed by atoms with Gasteiger partial charge in [-0.1, -0.05) is 63.6 Å². The van der Waals surface area contributed by atoms with Crippen LogP contribution >= 0.6 is 35.2 Å². The van der Waals surface area contributed by atoms with Gasteiger partial charge in [-0.3, -0.25) is 32.5 Å². The molecule has 0 radical (unpaired) electrons. The Labute approximate surface area is 349 Å². The van der Waals surface area contributed by atoms with E-state index in [1.165, 1.54) is 19.9 Å². The number of nitrogens with zero attached hydrogens (tertiary/aromatic N) is 4. The van der Waals surface area contributed by atoms with Crippen LogP contribution in [0.1, 0.15) is 65.5 Å².